The van der Waals surface area contributed by atoms with Crippen molar-refractivity contribution in [2.75, 3.05) is 6.54 Å². The standard InChI is InChI=1S/C15H24N2O2/c1-15(2,3)19-14(18)17-12-9-8-11-6-4-5-7-13(11)16-10-12/h4-5,7,11-12,16H,6,8-10H2,1-3H3,(H,17,18). The Morgan fingerprint density at radius 3 is 2.95 bits per heavy atom. The van der Waals surface area contributed by atoms with Gasteiger partial charge in [-0.15, -0.1) is 0 Å². The van der Waals surface area contributed by atoms with Crippen LogP contribution in [0, 0.1) is 5.92 Å². The SMILES string of the molecule is CC(C)(C)OC(=O)NC1CCC2CC=CC=C2NC1. The van der Waals surface area contributed by atoms with Crippen LogP contribution in [-0.2, 0) is 4.74 Å². The highest BCUT2D eigenvalue weighted by atomic mass is 16.6. The summed E-state index contributed by atoms with van der Waals surface area (Å²) < 4.78 is 5.30. The van der Waals surface area contributed by atoms with Crippen molar-refractivity contribution < 1.29 is 9.53 Å². The summed E-state index contributed by atoms with van der Waals surface area (Å²) >= 11 is 0. The Bertz CT molecular complexity index is 393. The molecule has 0 radical (unpaired) electrons. The van der Waals surface area contributed by atoms with Gasteiger partial charge >= 0.3 is 6.09 Å². The first-order chi connectivity index (χ1) is 8.94. The molecule has 4 heteroatoms. The lowest BCUT2D eigenvalue weighted by Gasteiger charge is -2.23. The fourth-order valence-electron chi connectivity index (χ4n) is 2.50. The van der Waals surface area contributed by atoms with Crippen LogP contribution in [0.3, 0.4) is 0 Å². The molecule has 0 bridgehead atoms. The smallest absolute Gasteiger partial charge is 0.407 e. The molecular weight excluding hydrogens is 240 g/mol. The second kappa shape index (κ2) is 5.68. The summed E-state index contributed by atoms with van der Waals surface area (Å²) in [6.45, 7) is 6.41. The highest BCUT2D eigenvalue weighted by Crippen LogP contribution is 2.26. The molecule has 2 atom stereocenters. The third-order valence-corrected chi connectivity index (χ3v) is 3.41. The molecule has 1 aliphatic heterocycles. The number of rotatable bonds is 1. The van der Waals surface area contributed by atoms with Crippen molar-refractivity contribution in [1.29, 1.82) is 0 Å². The fraction of sp³-hybridized carbons (Fsp3) is 0.667. The van der Waals surface area contributed by atoms with Gasteiger partial charge in [-0.05, 0) is 46.1 Å². The van der Waals surface area contributed by atoms with E-state index in [0.717, 1.165) is 25.8 Å². The Morgan fingerprint density at radius 1 is 1.42 bits per heavy atom. The van der Waals surface area contributed by atoms with Crippen LogP contribution < -0.4 is 10.6 Å². The van der Waals surface area contributed by atoms with Crippen molar-refractivity contribution in [3.8, 4) is 0 Å². The summed E-state index contributed by atoms with van der Waals surface area (Å²) in [6, 6.07) is 0.140. The Labute approximate surface area is 115 Å². The molecule has 1 amide bonds. The van der Waals surface area contributed by atoms with Crippen LogP contribution in [0.15, 0.2) is 23.9 Å². The number of alkyl carbamates (subject to hydrolysis) is 1. The van der Waals surface area contributed by atoms with Crippen molar-refractivity contribution in [2.45, 2.75) is 51.7 Å². The first-order valence-electron chi connectivity index (χ1n) is 7.04. The Hall–Kier alpha value is -1.45. The number of hydrogen-bond donors (Lipinski definition) is 2. The normalized spacial score (nSPS) is 26.6. The van der Waals surface area contributed by atoms with Gasteiger partial charge in [0.2, 0.25) is 0 Å². The van der Waals surface area contributed by atoms with E-state index >= 15 is 0 Å². The van der Waals surface area contributed by atoms with E-state index in [1.807, 2.05) is 20.8 Å². The van der Waals surface area contributed by atoms with Gasteiger partial charge in [0.15, 0.2) is 0 Å². The second-order valence-corrected chi connectivity index (χ2v) is 6.28. The lowest BCUT2D eigenvalue weighted by molar-refractivity contribution is 0.0502. The van der Waals surface area contributed by atoms with Gasteiger partial charge < -0.3 is 15.4 Å². The van der Waals surface area contributed by atoms with Gasteiger partial charge in [0.1, 0.15) is 5.60 Å². The van der Waals surface area contributed by atoms with E-state index in [1.165, 1.54) is 5.70 Å². The predicted octanol–water partition coefficient (Wildman–Crippen LogP) is 2.72. The van der Waals surface area contributed by atoms with E-state index in [2.05, 4.69) is 28.9 Å². The summed E-state index contributed by atoms with van der Waals surface area (Å²) in [5.41, 5.74) is 0.860. The van der Waals surface area contributed by atoms with Gasteiger partial charge in [-0.3, -0.25) is 0 Å². The van der Waals surface area contributed by atoms with Crippen LogP contribution in [-0.4, -0.2) is 24.3 Å². The molecule has 0 saturated carbocycles. The van der Waals surface area contributed by atoms with Gasteiger partial charge in [0, 0.05) is 24.2 Å². The Balaban J connectivity index is 1.85. The van der Waals surface area contributed by atoms with Crippen LogP contribution in [0.25, 0.3) is 0 Å². The lowest BCUT2D eigenvalue weighted by atomic mass is 9.92. The van der Waals surface area contributed by atoms with Gasteiger partial charge in [-0.1, -0.05) is 12.2 Å². The zero-order chi connectivity index (χ0) is 13.9. The van der Waals surface area contributed by atoms with E-state index in [9.17, 15) is 4.79 Å². The molecule has 1 heterocycles. The van der Waals surface area contributed by atoms with Gasteiger partial charge in [0.25, 0.3) is 0 Å². The molecule has 2 rings (SSSR count). The third kappa shape index (κ3) is 4.30. The number of fused-ring (bicyclic) bond motifs is 1. The molecule has 1 saturated heterocycles. The fourth-order valence-corrected chi connectivity index (χ4v) is 2.50. The first kappa shape index (κ1) is 14.0. The molecule has 4 nitrogen and oxygen atoms in total. The summed E-state index contributed by atoms with van der Waals surface area (Å²) in [5.74, 6) is 0.579. The molecule has 0 aromatic rings. The number of amides is 1. The highest BCUT2D eigenvalue weighted by Gasteiger charge is 2.25. The number of hydrogen-bond acceptors (Lipinski definition) is 3. The monoisotopic (exact) mass is 264 g/mol. The Kier molecular flexibility index (Phi) is 4.17. The van der Waals surface area contributed by atoms with Crippen LogP contribution in [0.2, 0.25) is 0 Å². The molecule has 106 valence electrons. The maximum absolute atomic E-state index is 11.8. The average Bonchev–Trinajstić information content (AvgIpc) is 2.50. The molecule has 1 aliphatic carbocycles. The summed E-state index contributed by atoms with van der Waals surface area (Å²) in [4.78, 5) is 11.8. The van der Waals surface area contributed by atoms with E-state index in [-0.39, 0.29) is 12.1 Å². The third-order valence-electron chi connectivity index (χ3n) is 3.41. The highest BCUT2D eigenvalue weighted by molar-refractivity contribution is 5.68. The Morgan fingerprint density at radius 2 is 2.21 bits per heavy atom. The predicted molar refractivity (Wildman–Crippen MR) is 75.7 cm³/mol. The van der Waals surface area contributed by atoms with Crippen LogP contribution in [0.4, 0.5) is 4.79 Å². The van der Waals surface area contributed by atoms with Crippen LogP contribution >= 0.6 is 0 Å². The first-order valence-corrected chi connectivity index (χ1v) is 7.04. The van der Waals surface area contributed by atoms with Gasteiger partial charge in [-0.25, -0.2) is 4.79 Å². The number of ether oxygens (including phenoxy) is 1. The van der Waals surface area contributed by atoms with Crippen molar-refractivity contribution in [1.82, 2.24) is 10.6 Å². The summed E-state index contributed by atoms with van der Waals surface area (Å²) in [7, 11) is 0. The number of nitrogens with one attached hydrogen (secondary N) is 2. The number of allylic oxidation sites excluding steroid dienone is 4. The van der Waals surface area contributed by atoms with E-state index in [1.54, 1.807) is 0 Å². The maximum atomic E-state index is 11.8. The molecule has 1 fully saturated rings. The lowest BCUT2D eigenvalue weighted by Crippen LogP contribution is -2.43. The van der Waals surface area contributed by atoms with E-state index in [0.29, 0.717) is 5.92 Å². The molecule has 2 N–H and O–H groups in total. The van der Waals surface area contributed by atoms with Crippen molar-refractivity contribution in [3.63, 3.8) is 0 Å². The summed E-state index contributed by atoms with van der Waals surface area (Å²) in [5, 5.41) is 6.40. The second-order valence-electron chi connectivity index (χ2n) is 6.28. The minimum Gasteiger partial charge on any atom is -0.444 e. The average molecular weight is 264 g/mol. The molecule has 19 heavy (non-hydrogen) atoms. The minimum absolute atomic E-state index is 0.140. The minimum atomic E-state index is -0.442. The largest absolute Gasteiger partial charge is 0.444 e. The van der Waals surface area contributed by atoms with Gasteiger partial charge in [-0.2, -0.15) is 0 Å². The maximum Gasteiger partial charge on any atom is 0.407 e. The topological polar surface area (TPSA) is 50.4 Å². The molecule has 0 aromatic heterocycles. The zero-order valence-corrected chi connectivity index (χ0v) is 12.0. The van der Waals surface area contributed by atoms with Crippen molar-refractivity contribution >= 4 is 6.09 Å². The zero-order valence-electron chi connectivity index (χ0n) is 12.0. The number of carbonyl (C=O) groups excluding carboxylic acids is 1. The molecule has 2 unspecified atom stereocenters. The van der Waals surface area contributed by atoms with Crippen LogP contribution in [0.5, 0.6) is 0 Å². The molecular formula is C15H24N2O2. The molecule has 0 aromatic carbocycles. The van der Waals surface area contributed by atoms with Gasteiger partial charge in [0.05, 0.1) is 0 Å². The van der Waals surface area contributed by atoms with Crippen LogP contribution in [0.1, 0.15) is 40.0 Å². The van der Waals surface area contributed by atoms with Crippen molar-refractivity contribution in [3.05, 3.63) is 23.9 Å². The number of carbonyl (C=O) groups is 1. The van der Waals surface area contributed by atoms with Crippen molar-refractivity contribution in [2.24, 2.45) is 5.92 Å². The summed E-state index contributed by atoms with van der Waals surface area (Å²) in [6.07, 6.45) is 9.31. The quantitative estimate of drug-likeness (QED) is 0.765. The molecule has 2 aliphatic rings. The van der Waals surface area contributed by atoms with E-state index in [4.69, 9.17) is 4.74 Å². The molecule has 0 spiro atoms. The van der Waals surface area contributed by atoms with E-state index < -0.39 is 5.60 Å².